The third-order valence-electron chi connectivity index (χ3n) is 4.60. The number of nitro groups is 1. The van der Waals surface area contributed by atoms with Crippen LogP contribution in [0.5, 0.6) is 0 Å². The first-order valence-corrected chi connectivity index (χ1v) is 8.94. The highest BCUT2D eigenvalue weighted by molar-refractivity contribution is 6.34. The molecule has 0 atom stereocenters. The maximum atomic E-state index is 12.3. The Kier molecular flexibility index (Phi) is 9.60. The van der Waals surface area contributed by atoms with Crippen LogP contribution in [-0.2, 0) is 9.53 Å². The average molecular weight is 435 g/mol. The van der Waals surface area contributed by atoms with Crippen molar-refractivity contribution in [1.29, 1.82) is 0 Å². The summed E-state index contributed by atoms with van der Waals surface area (Å²) in [6.45, 7) is 2.37. The highest BCUT2D eigenvalue weighted by atomic mass is 35.5. The van der Waals surface area contributed by atoms with Crippen LogP contribution in [-0.4, -0.2) is 56.6 Å². The number of rotatable bonds is 8. The number of piperidine rings is 1. The van der Waals surface area contributed by atoms with E-state index in [1.807, 2.05) is 0 Å². The van der Waals surface area contributed by atoms with Gasteiger partial charge in [-0.05, 0) is 32.0 Å². The Morgan fingerprint density at radius 2 is 2.00 bits per heavy atom. The monoisotopic (exact) mass is 434 g/mol. The number of nitrogens with zero attached hydrogens (tertiary/aromatic N) is 1. The van der Waals surface area contributed by atoms with Gasteiger partial charge in [-0.2, -0.15) is 0 Å². The minimum absolute atomic E-state index is 0. The van der Waals surface area contributed by atoms with Gasteiger partial charge >= 0.3 is 0 Å². The molecule has 1 aliphatic rings. The lowest BCUT2D eigenvalue weighted by molar-refractivity contribution is -0.385. The molecule has 9 nitrogen and oxygen atoms in total. The van der Waals surface area contributed by atoms with E-state index in [1.54, 1.807) is 7.11 Å². The summed E-state index contributed by atoms with van der Waals surface area (Å²) in [6, 6.07) is 3.96. The quantitative estimate of drug-likeness (QED) is 0.421. The van der Waals surface area contributed by atoms with E-state index in [1.165, 1.54) is 18.2 Å². The van der Waals surface area contributed by atoms with Gasteiger partial charge in [0.15, 0.2) is 0 Å². The standard InChI is InChI=1S/C17H23ClN4O5.ClH/c1-27-11-17(5-7-19-8-6-17)10-21-14(23)9-20-16(24)15-12(18)3-2-4-13(15)22(25)26;/h2-4,19H,5-11H2,1H3,(H,20,24)(H,21,23);1H. The SMILES string of the molecule is COCC1(CNC(=O)CNC(=O)c2c(Cl)cccc2[N+](=O)[O-])CCNCC1.Cl. The van der Waals surface area contributed by atoms with Crippen molar-refractivity contribution in [2.45, 2.75) is 12.8 Å². The second-order valence-corrected chi connectivity index (χ2v) is 6.94. The lowest BCUT2D eigenvalue weighted by Gasteiger charge is -2.37. The smallest absolute Gasteiger partial charge is 0.283 e. The number of halogens is 2. The van der Waals surface area contributed by atoms with Crippen molar-refractivity contribution in [2.75, 3.05) is 39.9 Å². The molecule has 0 bridgehead atoms. The number of ether oxygens (including phenoxy) is 1. The summed E-state index contributed by atoms with van der Waals surface area (Å²) >= 11 is 5.91. The van der Waals surface area contributed by atoms with E-state index in [-0.39, 0.29) is 40.9 Å². The summed E-state index contributed by atoms with van der Waals surface area (Å²) in [7, 11) is 1.63. The summed E-state index contributed by atoms with van der Waals surface area (Å²) in [5.41, 5.74) is -0.804. The van der Waals surface area contributed by atoms with Crippen molar-refractivity contribution >= 4 is 41.5 Å². The highest BCUT2D eigenvalue weighted by Crippen LogP contribution is 2.28. The average Bonchev–Trinajstić information content (AvgIpc) is 2.65. The number of hydrogen-bond acceptors (Lipinski definition) is 6. The van der Waals surface area contributed by atoms with Gasteiger partial charge in [0, 0.05) is 25.1 Å². The molecule has 11 heteroatoms. The van der Waals surface area contributed by atoms with Gasteiger partial charge in [-0.1, -0.05) is 17.7 Å². The number of amides is 2. The van der Waals surface area contributed by atoms with Crippen LogP contribution < -0.4 is 16.0 Å². The molecule has 156 valence electrons. The van der Waals surface area contributed by atoms with E-state index in [9.17, 15) is 19.7 Å². The Morgan fingerprint density at radius 3 is 2.61 bits per heavy atom. The first kappa shape index (κ1) is 24.1. The molecule has 1 aliphatic heterocycles. The van der Waals surface area contributed by atoms with Crippen LogP contribution in [0.3, 0.4) is 0 Å². The van der Waals surface area contributed by atoms with Gasteiger partial charge in [0.05, 0.1) is 23.1 Å². The van der Waals surface area contributed by atoms with Gasteiger partial charge in [-0.15, -0.1) is 12.4 Å². The van der Waals surface area contributed by atoms with Crippen LogP contribution in [0, 0.1) is 15.5 Å². The maximum absolute atomic E-state index is 12.3. The molecule has 1 saturated heterocycles. The lowest BCUT2D eigenvalue weighted by atomic mass is 9.79. The predicted octanol–water partition coefficient (Wildman–Crippen LogP) is 1.53. The fraction of sp³-hybridized carbons (Fsp3) is 0.529. The second-order valence-electron chi connectivity index (χ2n) is 6.53. The normalized spacial score (nSPS) is 15.2. The van der Waals surface area contributed by atoms with E-state index in [0.29, 0.717) is 13.2 Å². The van der Waals surface area contributed by atoms with E-state index in [0.717, 1.165) is 25.9 Å². The molecule has 1 aromatic rings. The Hall–Kier alpha value is -1.94. The molecule has 3 N–H and O–H groups in total. The molecular weight excluding hydrogens is 411 g/mol. The zero-order valence-corrected chi connectivity index (χ0v) is 17.0. The Balaban J connectivity index is 0.00000392. The number of nitrogens with one attached hydrogen (secondary N) is 3. The van der Waals surface area contributed by atoms with Crippen LogP contribution in [0.25, 0.3) is 0 Å². The Morgan fingerprint density at radius 1 is 1.32 bits per heavy atom. The minimum atomic E-state index is -0.768. The van der Waals surface area contributed by atoms with Crippen molar-refractivity contribution < 1.29 is 19.2 Å². The summed E-state index contributed by atoms with van der Waals surface area (Å²) in [4.78, 5) is 34.8. The Bertz CT molecular complexity index is 705. The molecule has 0 aliphatic carbocycles. The van der Waals surface area contributed by atoms with Gasteiger partial charge in [0.1, 0.15) is 5.56 Å². The van der Waals surface area contributed by atoms with Gasteiger partial charge in [-0.3, -0.25) is 19.7 Å². The second kappa shape index (κ2) is 11.2. The van der Waals surface area contributed by atoms with Crippen molar-refractivity contribution in [3.8, 4) is 0 Å². The predicted molar refractivity (Wildman–Crippen MR) is 107 cm³/mol. The highest BCUT2D eigenvalue weighted by Gasteiger charge is 2.32. The molecule has 1 aromatic carbocycles. The zero-order chi connectivity index (χ0) is 19.9. The third kappa shape index (κ3) is 6.30. The molecule has 0 spiro atoms. The summed E-state index contributed by atoms with van der Waals surface area (Å²) in [5.74, 6) is -1.15. The van der Waals surface area contributed by atoms with Gasteiger partial charge in [0.25, 0.3) is 11.6 Å². The van der Waals surface area contributed by atoms with Crippen molar-refractivity contribution in [2.24, 2.45) is 5.41 Å². The molecule has 0 aromatic heterocycles. The van der Waals surface area contributed by atoms with Crippen LogP contribution in [0.1, 0.15) is 23.2 Å². The van der Waals surface area contributed by atoms with Crippen molar-refractivity contribution in [3.05, 3.63) is 38.9 Å². The molecule has 0 unspecified atom stereocenters. The number of carbonyl (C=O) groups excluding carboxylic acids is 2. The molecule has 2 amide bonds. The van der Waals surface area contributed by atoms with Crippen molar-refractivity contribution in [1.82, 2.24) is 16.0 Å². The van der Waals surface area contributed by atoms with Gasteiger partial charge in [-0.25, -0.2) is 0 Å². The number of methoxy groups -OCH3 is 1. The molecule has 0 radical (unpaired) electrons. The summed E-state index contributed by atoms with van der Waals surface area (Å²) in [5, 5.41) is 19.5. The minimum Gasteiger partial charge on any atom is -0.384 e. The number of hydrogen-bond donors (Lipinski definition) is 3. The van der Waals surface area contributed by atoms with Crippen molar-refractivity contribution in [3.63, 3.8) is 0 Å². The molecular formula is C17H24Cl2N4O5. The first-order chi connectivity index (χ1) is 12.9. The van der Waals surface area contributed by atoms with Crippen LogP contribution >= 0.6 is 24.0 Å². The fourth-order valence-corrected chi connectivity index (χ4v) is 3.38. The van der Waals surface area contributed by atoms with Gasteiger partial charge in [0.2, 0.25) is 5.91 Å². The summed E-state index contributed by atoms with van der Waals surface area (Å²) in [6.07, 6.45) is 1.75. The van der Waals surface area contributed by atoms with Crippen LogP contribution in [0.2, 0.25) is 5.02 Å². The topological polar surface area (TPSA) is 123 Å². The number of nitro benzene ring substituents is 1. The molecule has 2 rings (SSSR count). The van der Waals surface area contributed by atoms with Crippen LogP contribution in [0.15, 0.2) is 18.2 Å². The third-order valence-corrected chi connectivity index (χ3v) is 4.92. The molecule has 0 saturated carbocycles. The van der Waals surface area contributed by atoms with E-state index < -0.39 is 16.5 Å². The molecule has 28 heavy (non-hydrogen) atoms. The Labute approximate surface area is 174 Å². The maximum Gasteiger partial charge on any atom is 0.283 e. The molecule has 1 fully saturated rings. The van der Waals surface area contributed by atoms with E-state index in [2.05, 4.69) is 16.0 Å². The van der Waals surface area contributed by atoms with E-state index >= 15 is 0 Å². The fourth-order valence-electron chi connectivity index (χ4n) is 3.12. The zero-order valence-electron chi connectivity index (χ0n) is 15.5. The lowest BCUT2D eigenvalue weighted by Crippen LogP contribution is -2.48. The van der Waals surface area contributed by atoms with Crippen LogP contribution in [0.4, 0.5) is 5.69 Å². The number of carbonyl (C=O) groups is 2. The van der Waals surface area contributed by atoms with Gasteiger partial charge < -0.3 is 20.7 Å². The molecule has 1 heterocycles. The number of benzene rings is 1. The van der Waals surface area contributed by atoms with E-state index in [4.69, 9.17) is 16.3 Å². The first-order valence-electron chi connectivity index (χ1n) is 8.56. The largest absolute Gasteiger partial charge is 0.384 e. The summed E-state index contributed by atoms with van der Waals surface area (Å²) < 4.78 is 5.29.